The lowest BCUT2D eigenvalue weighted by Gasteiger charge is -2.26. The molecule has 0 N–H and O–H groups in total. The Morgan fingerprint density at radius 3 is 2.59 bits per heavy atom. The Bertz CT molecular complexity index is 526. The first-order chi connectivity index (χ1) is 10.4. The maximum absolute atomic E-state index is 13.2. The minimum absolute atomic E-state index is 0.0945. The van der Waals surface area contributed by atoms with Crippen LogP contribution >= 0.6 is 11.6 Å². The molecule has 0 saturated carbocycles. The van der Waals surface area contributed by atoms with E-state index in [0.29, 0.717) is 11.6 Å². The molecule has 0 aliphatic heterocycles. The largest absolute Gasteiger partial charge is 0.383 e. The summed E-state index contributed by atoms with van der Waals surface area (Å²) in [6.45, 7) is 0.736. The van der Waals surface area contributed by atoms with Gasteiger partial charge < -0.3 is 9.64 Å². The van der Waals surface area contributed by atoms with Gasteiger partial charge in [-0.3, -0.25) is 4.99 Å². The van der Waals surface area contributed by atoms with Gasteiger partial charge in [0.25, 0.3) is 0 Å². The van der Waals surface area contributed by atoms with E-state index in [9.17, 15) is 8.78 Å². The second-order valence-corrected chi connectivity index (χ2v) is 5.09. The predicted molar refractivity (Wildman–Crippen MR) is 86.3 cm³/mol. The van der Waals surface area contributed by atoms with Crippen molar-refractivity contribution in [3.05, 3.63) is 28.8 Å². The third-order valence-corrected chi connectivity index (χ3v) is 3.31. The summed E-state index contributed by atoms with van der Waals surface area (Å²) in [5.74, 6) is 0. The number of nitrogens with zero attached hydrogens (tertiary/aromatic N) is 4. The second kappa shape index (κ2) is 8.77. The molecule has 22 heavy (non-hydrogen) atoms. The summed E-state index contributed by atoms with van der Waals surface area (Å²) < 4.78 is 31.5. The molecule has 0 saturated heterocycles. The highest BCUT2D eigenvalue weighted by Crippen LogP contribution is 2.32. The zero-order chi connectivity index (χ0) is 16.7. The number of rotatable bonds is 8. The van der Waals surface area contributed by atoms with Gasteiger partial charge in [0.2, 0.25) is 0 Å². The Morgan fingerprint density at radius 1 is 1.41 bits per heavy atom. The Hall–Kier alpha value is -1.57. The number of aliphatic imine (C=N–C) groups is 1. The number of likely N-dealkylation sites (N-methyl/N-ethyl adjacent to an activating group) is 1. The molecule has 0 aliphatic rings. The summed E-state index contributed by atoms with van der Waals surface area (Å²) in [6.07, 6.45) is 0.938. The zero-order valence-electron chi connectivity index (χ0n) is 12.7. The second-order valence-electron chi connectivity index (χ2n) is 4.68. The molecule has 0 aromatic heterocycles. The van der Waals surface area contributed by atoms with Gasteiger partial charge in [-0.25, -0.2) is 5.01 Å². The van der Waals surface area contributed by atoms with Crippen molar-refractivity contribution in [3.8, 4) is 0 Å². The van der Waals surface area contributed by atoms with E-state index in [4.69, 9.17) is 16.3 Å². The zero-order valence-corrected chi connectivity index (χ0v) is 13.5. The molecule has 1 aromatic carbocycles. The first kappa shape index (κ1) is 18.5. The van der Waals surface area contributed by atoms with Gasteiger partial charge in [-0.2, -0.15) is 13.9 Å². The van der Waals surface area contributed by atoms with E-state index in [-0.39, 0.29) is 16.8 Å². The van der Waals surface area contributed by atoms with Crippen molar-refractivity contribution < 1.29 is 13.5 Å². The molecule has 0 amide bonds. The monoisotopic (exact) mass is 332 g/mol. The van der Waals surface area contributed by atoms with Crippen molar-refractivity contribution in [2.75, 3.05) is 32.8 Å². The quantitative estimate of drug-likeness (QED) is 0.317. The van der Waals surface area contributed by atoms with Gasteiger partial charge in [0.15, 0.2) is 0 Å². The van der Waals surface area contributed by atoms with Crippen LogP contribution in [0.25, 0.3) is 0 Å². The van der Waals surface area contributed by atoms with Crippen LogP contribution < -0.4 is 5.01 Å². The number of hydrazone groups is 1. The number of hydrogen-bond acceptors (Lipinski definition) is 4. The Balaban J connectivity index is 3.26. The van der Waals surface area contributed by atoms with Crippen molar-refractivity contribution in [1.29, 1.82) is 0 Å². The number of anilines is 1. The van der Waals surface area contributed by atoms with Gasteiger partial charge in [-0.1, -0.05) is 17.7 Å². The molecule has 1 aromatic rings. The molecule has 0 heterocycles. The van der Waals surface area contributed by atoms with E-state index in [2.05, 4.69) is 16.8 Å². The molecule has 0 spiro atoms. The number of alkyl halides is 2. The highest BCUT2D eigenvalue weighted by molar-refractivity contribution is 6.33. The molecule has 0 fully saturated rings. The fraction of sp³-hybridized carbons (Fsp3) is 0.429. The van der Waals surface area contributed by atoms with E-state index in [1.54, 1.807) is 25.3 Å². The van der Waals surface area contributed by atoms with Gasteiger partial charge in [0.05, 0.1) is 23.4 Å². The summed E-state index contributed by atoms with van der Waals surface area (Å²) in [5, 5.41) is 4.23. The summed E-state index contributed by atoms with van der Waals surface area (Å²) in [6, 6.07) is 4.81. The fourth-order valence-electron chi connectivity index (χ4n) is 1.92. The van der Waals surface area contributed by atoms with Gasteiger partial charge in [0.1, 0.15) is 6.34 Å². The molecule has 8 heteroatoms. The minimum Gasteiger partial charge on any atom is -0.383 e. The average Bonchev–Trinajstić information content (AvgIpc) is 2.46. The maximum atomic E-state index is 13.2. The molecular formula is C14H19ClF2N4O. The van der Waals surface area contributed by atoms with E-state index in [1.165, 1.54) is 0 Å². The van der Waals surface area contributed by atoms with Gasteiger partial charge in [-0.05, 0) is 38.5 Å². The highest BCUT2D eigenvalue weighted by atomic mass is 35.5. The topological polar surface area (TPSA) is 40.4 Å². The number of halogens is 3. The summed E-state index contributed by atoms with van der Waals surface area (Å²) in [4.78, 5) is 5.27. The van der Waals surface area contributed by atoms with Gasteiger partial charge >= 0.3 is 6.55 Å². The molecular weight excluding hydrogens is 314 g/mol. The van der Waals surface area contributed by atoms with Crippen LogP contribution in [0.1, 0.15) is 11.6 Å². The van der Waals surface area contributed by atoms with Crippen LogP contribution in [0.3, 0.4) is 0 Å². The van der Waals surface area contributed by atoms with Crippen LogP contribution in [0.5, 0.6) is 0 Å². The standard InChI is InChI=1S/C14H19ClF2N4O/c1-18-9-19-21(14(16)17)12-7-10(5-6-11(12)15)13(8-22-4)20(2)3/h5-7,9,13-14H,1,8H2,2-4H3/b19-9-. The molecule has 0 bridgehead atoms. The van der Waals surface area contributed by atoms with Crippen LogP contribution in [0, 0.1) is 0 Å². The maximum Gasteiger partial charge on any atom is 0.333 e. The lowest BCUT2D eigenvalue weighted by atomic mass is 10.1. The first-order valence-corrected chi connectivity index (χ1v) is 6.80. The van der Waals surface area contributed by atoms with E-state index in [0.717, 1.165) is 11.9 Å². The van der Waals surface area contributed by atoms with Crippen LogP contribution in [-0.4, -0.2) is 52.3 Å². The average molecular weight is 333 g/mol. The number of benzene rings is 1. The van der Waals surface area contributed by atoms with Crippen LogP contribution in [0.2, 0.25) is 5.02 Å². The number of hydrogen-bond donors (Lipinski definition) is 0. The van der Waals surface area contributed by atoms with Gasteiger partial charge in [-0.15, -0.1) is 0 Å². The highest BCUT2D eigenvalue weighted by Gasteiger charge is 2.22. The van der Waals surface area contributed by atoms with Gasteiger partial charge in [0, 0.05) is 7.11 Å². The summed E-state index contributed by atoms with van der Waals surface area (Å²) in [7, 11) is 5.34. The SMILES string of the molecule is C=N/C=N\N(c1cc(C(COC)N(C)C)ccc1Cl)C(F)F. The van der Waals surface area contributed by atoms with E-state index in [1.807, 2.05) is 19.0 Å². The number of ether oxygens (including phenoxy) is 1. The molecule has 122 valence electrons. The Labute approximate surface area is 133 Å². The van der Waals surface area contributed by atoms with Crippen molar-refractivity contribution in [1.82, 2.24) is 4.90 Å². The lowest BCUT2D eigenvalue weighted by molar-refractivity contribution is 0.120. The molecule has 1 atom stereocenters. The summed E-state index contributed by atoms with van der Waals surface area (Å²) >= 11 is 6.04. The van der Waals surface area contributed by atoms with Crippen molar-refractivity contribution in [2.24, 2.45) is 10.1 Å². The Kier molecular flexibility index (Phi) is 7.37. The first-order valence-electron chi connectivity index (χ1n) is 6.42. The van der Waals surface area contributed by atoms with E-state index >= 15 is 0 Å². The fourth-order valence-corrected chi connectivity index (χ4v) is 2.13. The Morgan fingerprint density at radius 2 is 2.09 bits per heavy atom. The summed E-state index contributed by atoms with van der Waals surface area (Å²) in [5.41, 5.74) is 0.885. The van der Waals surface area contributed by atoms with E-state index < -0.39 is 6.55 Å². The number of methoxy groups -OCH3 is 1. The third kappa shape index (κ3) is 4.72. The molecule has 5 nitrogen and oxygen atoms in total. The van der Waals surface area contributed by atoms with Crippen molar-refractivity contribution in [3.63, 3.8) is 0 Å². The predicted octanol–water partition coefficient (Wildman–Crippen LogP) is 3.26. The van der Waals surface area contributed by atoms with Crippen molar-refractivity contribution in [2.45, 2.75) is 12.6 Å². The van der Waals surface area contributed by atoms with Crippen molar-refractivity contribution >= 4 is 30.3 Å². The van der Waals surface area contributed by atoms with Crippen LogP contribution in [0.15, 0.2) is 28.3 Å². The third-order valence-electron chi connectivity index (χ3n) is 2.99. The molecule has 1 unspecified atom stereocenters. The normalized spacial score (nSPS) is 13.1. The smallest absolute Gasteiger partial charge is 0.333 e. The van der Waals surface area contributed by atoms with Crippen LogP contribution in [0.4, 0.5) is 14.5 Å². The van der Waals surface area contributed by atoms with Crippen LogP contribution in [-0.2, 0) is 4.74 Å². The minimum atomic E-state index is -2.86. The molecule has 1 rings (SSSR count). The molecule has 0 radical (unpaired) electrons. The lowest BCUT2D eigenvalue weighted by Crippen LogP contribution is -2.26. The molecule has 0 aliphatic carbocycles.